The lowest BCUT2D eigenvalue weighted by atomic mass is 9.94. The van der Waals surface area contributed by atoms with E-state index < -0.39 is 17.5 Å². The molecule has 4 heterocycles. The summed E-state index contributed by atoms with van der Waals surface area (Å²) in [5, 5.41) is 25.5. The Labute approximate surface area is 221 Å². The first-order valence-corrected chi connectivity index (χ1v) is 13.5. The van der Waals surface area contributed by atoms with E-state index in [2.05, 4.69) is 32.1 Å². The van der Waals surface area contributed by atoms with Gasteiger partial charge in [-0.05, 0) is 71.6 Å². The number of nitrogens with one attached hydrogen (secondary N) is 1. The summed E-state index contributed by atoms with van der Waals surface area (Å²) in [5.41, 5.74) is 0.384. The highest BCUT2D eigenvalue weighted by Crippen LogP contribution is 2.37. The Balaban J connectivity index is 1.52. The van der Waals surface area contributed by atoms with Gasteiger partial charge in [-0.15, -0.1) is 0 Å². The van der Waals surface area contributed by atoms with Crippen LogP contribution in [0.1, 0.15) is 65.7 Å². The van der Waals surface area contributed by atoms with Crippen LogP contribution < -0.4 is 5.32 Å². The second-order valence-electron chi connectivity index (χ2n) is 11.2. The van der Waals surface area contributed by atoms with Crippen LogP contribution in [0, 0.1) is 11.7 Å². The Kier molecular flexibility index (Phi) is 6.94. The summed E-state index contributed by atoms with van der Waals surface area (Å²) in [5.74, 6) is 0.734. The SMILES string of the molecule is CCN1C[C@H]2CC[C@H]1C(O)C(Nc1ncc(Cl)c(-c3cc(F)c4nc(C(C)(C)O)n(C(C)C)c4c3)n1)C2. The molecule has 1 aliphatic carbocycles. The van der Waals surface area contributed by atoms with E-state index in [0.29, 0.717) is 39.5 Å². The standard InChI is InChI=1S/C27H36ClFN6O2/c1-6-34-13-15-7-8-20(34)24(36)19(9-15)31-26-30-12-17(28)22(33-26)16-10-18(29)23-21(11-16)35(14(2)3)25(32-23)27(4,5)37/h10-12,14-15,19-20,24,36-37H,6-9,13H2,1-5H3,(H,30,31,33)/t15-,19?,20-,24?/m0/s1. The Morgan fingerprint density at radius 2 is 2.00 bits per heavy atom. The van der Waals surface area contributed by atoms with E-state index in [4.69, 9.17) is 11.6 Å². The normalized spacial score (nSPS) is 24.7. The van der Waals surface area contributed by atoms with Gasteiger partial charge in [0.15, 0.2) is 5.82 Å². The number of anilines is 1. The molecule has 0 radical (unpaired) electrons. The number of aliphatic hydroxyl groups is 2. The zero-order chi connectivity index (χ0) is 26.6. The van der Waals surface area contributed by atoms with Gasteiger partial charge in [0.25, 0.3) is 0 Å². The predicted octanol–water partition coefficient (Wildman–Crippen LogP) is 4.74. The number of hydrogen-bond donors (Lipinski definition) is 3. The fourth-order valence-electron chi connectivity index (χ4n) is 6.05. The zero-order valence-electron chi connectivity index (χ0n) is 22.0. The Morgan fingerprint density at radius 3 is 2.68 bits per heavy atom. The lowest BCUT2D eigenvalue weighted by Gasteiger charge is -2.37. The first-order chi connectivity index (χ1) is 17.5. The number of hydrogen-bond acceptors (Lipinski definition) is 7. The number of rotatable bonds is 6. The molecule has 3 aromatic rings. The van der Waals surface area contributed by atoms with E-state index in [9.17, 15) is 10.2 Å². The minimum absolute atomic E-state index is 0.0612. The van der Waals surface area contributed by atoms with Crippen LogP contribution in [-0.4, -0.2) is 65.9 Å². The molecule has 0 spiro atoms. The average Bonchev–Trinajstić information content (AvgIpc) is 3.13. The molecule has 8 nitrogen and oxygen atoms in total. The number of piperidine rings is 1. The molecule has 37 heavy (non-hydrogen) atoms. The molecule has 6 rings (SSSR count). The van der Waals surface area contributed by atoms with E-state index in [1.165, 1.54) is 12.3 Å². The molecule has 4 atom stereocenters. The lowest BCUT2D eigenvalue weighted by Crippen LogP contribution is -2.49. The molecule has 2 saturated heterocycles. The van der Waals surface area contributed by atoms with Crippen molar-refractivity contribution in [2.24, 2.45) is 5.92 Å². The van der Waals surface area contributed by atoms with Crippen LogP contribution in [0.4, 0.5) is 10.3 Å². The summed E-state index contributed by atoms with van der Waals surface area (Å²) in [6.45, 7) is 11.3. The van der Waals surface area contributed by atoms with Gasteiger partial charge in [0, 0.05) is 24.2 Å². The van der Waals surface area contributed by atoms with E-state index in [-0.39, 0.29) is 23.6 Å². The van der Waals surface area contributed by atoms with Gasteiger partial charge in [-0.2, -0.15) is 0 Å². The van der Waals surface area contributed by atoms with E-state index in [1.54, 1.807) is 19.9 Å². The molecule has 200 valence electrons. The number of aromatic nitrogens is 4. The topological polar surface area (TPSA) is 99.3 Å². The minimum Gasteiger partial charge on any atom is -0.389 e. The van der Waals surface area contributed by atoms with Crippen LogP contribution in [0.5, 0.6) is 0 Å². The predicted molar refractivity (Wildman–Crippen MR) is 143 cm³/mol. The molecular weight excluding hydrogens is 495 g/mol. The third-order valence-electron chi connectivity index (χ3n) is 7.78. The molecule has 3 aliphatic rings. The number of fused-ring (bicyclic) bond motifs is 5. The van der Waals surface area contributed by atoms with Crippen molar-refractivity contribution in [3.63, 3.8) is 0 Å². The first-order valence-electron chi connectivity index (χ1n) is 13.1. The number of aliphatic hydroxyl groups excluding tert-OH is 1. The molecule has 2 aliphatic heterocycles. The Morgan fingerprint density at radius 1 is 1.24 bits per heavy atom. The van der Waals surface area contributed by atoms with Gasteiger partial charge in [-0.1, -0.05) is 18.5 Å². The summed E-state index contributed by atoms with van der Waals surface area (Å²) in [7, 11) is 0. The van der Waals surface area contributed by atoms with Crippen LogP contribution in [0.25, 0.3) is 22.3 Å². The summed E-state index contributed by atoms with van der Waals surface area (Å²) in [6.07, 6.45) is 3.90. The van der Waals surface area contributed by atoms with Crippen LogP contribution in [0.3, 0.4) is 0 Å². The number of likely N-dealkylation sites (N-methyl/N-ethyl adjacent to an activating group) is 1. The first kappa shape index (κ1) is 26.3. The summed E-state index contributed by atoms with van der Waals surface area (Å²) in [6, 6.07) is 3.04. The van der Waals surface area contributed by atoms with E-state index >= 15 is 4.39 Å². The summed E-state index contributed by atoms with van der Waals surface area (Å²) in [4.78, 5) is 15.8. The van der Waals surface area contributed by atoms with Crippen molar-refractivity contribution < 1.29 is 14.6 Å². The Hall–Kier alpha value is -2.33. The highest BCUT2D eigenvalue weighted by atomic mass is 35.5. The monoisotopic (exact) mass is 530 g/mol. The van der Waals surface area contributed by atoms with Crippen LogP contribution in [-0.2, 0) is 5.60 Å². The molecule has 2 bridgehead atoms. The van der Waals surface area contributed by atoms with Crippen molar-refractivity contribution in [3.8, 4) is 11.3 Å². The maximum Gasteiger partial charge on any atom is 0.223 e. The maximum absolute atomic E-state index is 15.3. The maximum atomic E-state index is 15.3. The number of imidazole rings is 1. The van der Waals surface area contributed by atoms with Gasteiger partial charge >= 0.3 is 0 Å². The summed E-state index contributed by atoms with van der Waals surface area (Å²) >= 11 is 6.51. The Bertz CT molecular complexity index is 1310. The number of nitrogens with zero attached hydrogens (tertiary/aromatic N) is 5. The molecule has 2 aromatic heterocycles. The van der Waals surface area contributed by atoms with Gasteiger partial charge < -0.3 is 20.1 Å². The van der Waals surface area contributed by atoms with Gasteiger partial charge in [0.1, 0.15) is 16.9 Å². The highest BCUT2D eigenvalue weighted by Gasteiger charge is 2.41. The highest BCUT2D eigenvalue weighted by molar-refractivity contribution is 6.33. The van der Waals surface area contributed by atoms with Crippen molar-refractivity contribution in [1.29, 1.82) is 0 Å². The molecular formula is C27H36ClFN6O2. The van der Waals surface area contributed by atoms with E-state index in [1.807, 2.05) is 18.4 Å². The van der Waals surface area contributed by atoms with Crippen molar-refractivity contribution in [1.82, 2.24) is 24.4 Å². The molecule has 3 fully saturated rings. The van der Waals surface area contributed by atoms with Gasteiger partial charge in [-0.3, -0.25) is 4.90 Å². The fourth-order valence-corrected chi connectivity index (χ4v) is 6.25. The second kappa shape index (κ2) is 9.76. The largest absolute Gasteiger partial charge is 0.389 e. The van der Waals surface area contributed by atoms with E-state index in [0.717, 1.165) is 32.4 Å². The molecule has 0 amide bonds. The molecule has 2 unspecified atom stereocenters. The van der Waals surface area contributed by atoms with Crippen molar-refractivity contribution >= 4 is 28.6 Å². The second-order valence-corrected chi connectivity index (χ2v) is 11.7. The smallest absolute Gasteiger partial charge is 0.223 e. The molecule has 3 N–H and O–H groups in total. The molecule has 1 saturated carbocycles. The lowest BCUT2D eigenvalue weighted by molar-refractivity contribution is 0.0340. The van der Waals surface area contributed by atoms with Gasteiger partial charge in [0.2, 0.25) is 5.95 Å². The fraction of sp³-hybridized carbons (Fsp3) is 0.593. The minimum atomic E-state index is -1.24. The van der Waals surface area contributed by atoms with Crippen molar-refractivity contribution in [2.75, 3.05) is 18.4 Å². The van der Waals surface area contributed by atoms with Gasteiger partial charge in [-0.25, -0.2) is 19.3 Å². The van der Waals surface area contributed by atoms with Gasteiger partial charge in [0.05, 0.1) is 34.6 Å². The molecule has 1 aromatic carbocycles. The van der Waals surface area contributed by atoms with Crippen LogP contribution >= 0.6 is 11.6 Å². The van der Waals surface area contributed by atoms with Crippen molar-refractivity contribution in [2.45, 2.75) is 83.7 Å². The summed E-state index contributed by atoms with van der Waals surface area (Å²) < 4.78 is 17.2. The quantitative estimate of drug-likeness (QED) is 0.423. The van der Waals surface area contributed by atoms with Crippen molar-refractivity contribution in [3.05, 3.63) is 35.0 Å². The number of halogens is 2. The third kappa shape index (κ3) is 4.82. The van der Waals surface area contributed by atoms with Crippen LogP contribution in [0.2, 0.25) is 5.02 Å². The van der Waals surface area contributed by atoms with Crippen LogP contribution in [0.15, 0.2) is 18.3 Å². The zero-order valence-corrected chi connectivity index (χ0v) is 22.8. The average molecular weight is 531 g/mol. The third-order valence-corrected chi connectivity index (χ3v) is 8.05. The molecule has 10 heteroatoms. The number of benzene rings is 1.